The molecular formula is C20H27N3O3. The minimum Gasteiger partial charge on any atom is -0.336 e. The Morgan fingerprint density at radius 2 is 1.81 bits per heavy atom. The maximum atomic E-state index is 13.2. The van der Waals surface area contributed by atoms with Crippen LogP contribution >= 0.6 is 0 Å². The number of hydrogen-bond acceptors (Lipinski definition) is 3. The van der Waals surface area contributed by atoms with Crippen molar-refractivity contribution in [3.8, 4) is 0 Å². The summed E-state index contributed by atoms with van der Waals surface area (Å²) in [6.45, 7) is 8.44. The molecule has 0 N–H and O–H groups in total. The molecule has 1 fully saturated rings. The summed E-state index contributed by atoms with van der Waals surface area (Å²) in [5, 5.41) is 0. The van der Waals surface area contributed by atoms with Crippen LogP contribution in [0.4, 0.5) is 5.69 Å². The number of nitrogens with zero attached hydrogens (tertiary/aromatic N) is 3. The van der Waals surface area contributed by atoms with Crippen molar-refractivity contribution in [3.05, 3.63) is 29.8 Å². The molecule has 1 saturated heterocycles. The molecular weight excluding hydrogens is 330 g/mol. The van der Waals surface area contributed by atoms with Gasteiger partial charge in [0.15, 0.2) is 0 Å². The molecule has 26 heavy (non-hydrogen) atoms. The molecule has 3 rings (SSSR count). The van der Waals surface area contributed by atoms with Gasteiger partial charge in [-0.15, -0.1) is 0 Å². The Bertz CT molecular complexity index is 721. The lowest BCUT2D eigenvalue weighted by Gasteiger charge is -2.33. The first-order valence-corrected chi connectivity index (χ1v) is 9.35. The van der Waals surface area contributed by atoms with E-state index in [1.165, 1.54) is 4.90 Å². The van der Waals surface area contributed by atoms with E-state index in [0.717, 1.165) is 6.42 Å². The monoisotopic (exact) mass is 357 g/mol. The first-order valence-electron chi connectivity index (χ1n) is 9.35. The van der Waals surface area contributed by atoms with Crippen LogP contribution in [0.25, 0.3) is 0 Å². The van der Waals surface area contributed by atoms with Gasteiger partial charge in [-0.2, -0.15) is 0 Å². The van der Waals surface area contributed by atoms with Crippen molar-refractivity contribution in [2.75, 3.05) is 18.0 Å². The molecule has 0 spiro atoms. The number of rotatable bonds is 4. The van der Waals surface area contributed by atoms with Gasteiger partial charge in [-0.05, 0) is 52.7 Å². The summed E-state index contributed by atoms with van der Waals surface area (Å²) in [5.41, 5.74) is 1.04. The standard InChI is InChI=1S/C20H27N3O3/c1-13(2)23(14(3)4)18(24)12-22-16-9-6-5-8-15(16)19(25)21-11-7-10-17(21)20(22)26/h5-6,8-9,13-14,17H,7,10-12H2,1-4H3/t17-/m0/s1. The Morgan fingerprint density at radius 3 is 2.46 bits per heavy atom. The second-order valence-electron chi connectivity index (χ2n) is 7.59. The largest absolute Gasteiger partial charge is 0.336 e. The molecule has 3 amide bonds. The highest BCUT2D eigenvalue weighted by molar-refractivity contribution is 6.12. The Morgan fingerprint density at radius 1 is 1.15 bits per heavy atom. The fourth-order valence-corrected chi connectivity index (χ4v) is 4.16. The van der Waals surface area contributed by atoms with E-state index in [4.69, 9.17) is 0 Å². The van der Waals surface area contributed by atoms with Crippen molar-refractivity contribution in [2.24, 2.45) is 0 Å². The molecule has 0 aliphatic carbocycles. The lowest BCUT2D eigenvalue weighted by atomic mass is 10.1. The Kier molecular flexibility index (Phi) is 5.03. The summed E-state index contributed by atoms with van der Waals surface area (Å²) in [7, 11) is 0. The Hall–Kier alpha value is -2.37. The molecule has 2 heterocycles. The van der Waals surface area contributed by atoms with Gasteiger partial charge in [0.25, 0.3) is 5.91 Å². The molecule has 2 aliphatic rings. The molecule has 0 unspecified atom stereocenters. The second kappa shape index (κ2) is 7.09. The highest BCUT2D eigenvalue weighted by Gasteiger charge is 2.42. The maximum Gasteiger partial charge on any atom is 0.256 e. The molecule has 0 radical (unpaired) electrons. The topological polar surface area (TPSA) is 60.9 Å². The number of anilines is 1. The number of hydrogen-bond donors (Lipinski definition) is 0. The van der Waals surface area contributed by atoms with Crippen LogP contribution in [0.15, 0.2) is 24.3 Å². The number of carbonyl (C=O) groups excluding carboxylic acids is 3. The van der Waals surface area contributed by atoms with Gasteiger partial charge < -0.3 is 14.7 Å². The van der Waals surface area contributed by atoms with Gasteiger partial charge in [-0.3, -0.25) is 14.4 Å². The molecule has 0 bridgehead atoms. The summed E-state index contributed by atoms with van der Waals surface area (Å²) >= 11 is 0. The van der Waals surface area contributed by atoms with Gasteiger partial charge in [0.05, 0.1) is 11.3 Å². The number of benzene rings is 1. The van der Waals surface area contributed by atoms with E-state index in [-0.39, 0.29) is 36.3 Å². The first kappa shape index (κ1) is 18.4. The van der Waals surface area contributed by atoms with Crippen molar-refractivity contribution in [1.82, 2.24) is 9.80 Å². The molecule has 0 aromatic heterocycles. The van der Waals surface area contributed by atoms with Gasteiger partial charge in [-0.25, -0.2) is 0 Å². The number of para-hydroxylation sites is 1. The number of fused-ring (bicyclic) bond motifs is 2. The van der Waals surface area contributed by atoms with E-state index in [1.54, 1.807) is 34.1 Å². The van der Waals surface area contributed by atoms with Crippen molar-refractivity contribution in [3.63, 3.8) is 0 Å². The number of carbonyl (C=O) groups is 3. The highest BCUT2D eigenvalue weighted by atomic mass is 16.2. The van der Waals surface area contributed by atoms with Gasteiger partial charge in [0.1, 0.15) is 12.6 Å². The Labute approximate surface area is 154 Å². The lowest BCUT2D eigenvalue weighted by molar-refractivity contribution is -0.135. The van der Waals surface area contributed by atoms with Gasteiger partial charge in [-0.1, -0.05) is 12.1 Å². The van der Waals surface area contributed by atoms with E-state index in [9.17, 15) is 14.4 Å². The fourth-order valence-electron chi connectivity index (χ4n) is 4.16. The summed E-state index contributed by atoms with van der Waals surface area (Å²) < 4.78 is 0. The van der Waals surface area contributed by atoms with Gasteiger partial charge >= 0.3 is 0 Å². The Balaban J connectivity index is 1.99. The van der Waals surface area contributed by atoms with Crippen LogP contribution in [0.5, 0.6) is 0 Å². The second-order valence-corrected chi connectivity index (χ2v) is 7.59. The van der Waals surface area contributed by atoms with Crippen molar-refractivity contribution in [2.45, 2.75) is 58.7 Å². The van der Waals surface area contributed by atoms with Crippen LogP contribution in [0, 0.1) is 0 Å². The summed E-state index contributed by atoms with van der Waals surface area (Å²) in [4.78, 5) is 44.0. The van der Waals surface area contributed by atoms with Crippen LogP contribution in [0.3, 0.4) is 0 Å². The van der Waals surface area contributed by atoms with Gasteiger partial charge in [0.2, 0.25) is 11.8 Å². The molecule has 1 aromatic rings. The van der Waals surface area contributed by atoms with Crippen molar-refractivity contribution < 1.29 is 14.4 Å². The molecule has 6 heteroatoms. The lowest BCUT2D eigenvalue weighted by Crippen LogP contribution is -2.51. The average molecular weight is 357 g/mol. The van der Waals surface area contributed by atoms with E-state index >= 15 is 0 Å². The smallest absolute Gasteiger partial charge is 0.256 e. The highest BCUT2D eigenvalue weighted by Crippen LogP contribution is 2.32. The predicted octanol–water partition coefficient (Wildman–Crippen LogP) is 2.28. The molecule has 140 valence electrons. The molecule has 0 saturated carbocycles. The van der Waals surface area contributed by atoms with Crippen LogP contribution in [0.1, 0.15) is 50.9 Å². The normalized spacial score (nSPS) is 19.7. The third kappa shape index (κ3) is 3.08. The maximum absolute atomic E-state index is 13.2. The fraction of sp³-hybridized carbons (Fsp3) is 0.550. The quantitative estimate of drug-likeness (QED) is 0.831. The van der Waals surface area contributed by atoms with Crippen molar-refractivity contribution in [1.29, 1.82) is 0 Å². The summed E-state index contributed by atoms with van der Waals surface area (Å²) in [6, 6.07) is 6.73. The van der Waals surface area contributed by atoms with Gasteiger partial charge in [0, 0.05) is 18.6 Å². The van der Waals surface area contributed by atoms with Crippen LogP contribution < -0.4 is 4.90 Å². The average Bonchev–Trinajstić information content (AvgIpc) is 3.05. The van der Waals surface area contributed by atoms with Crippen molar-refractivity contribution >= 4 is 23.4 Å². The third-order valence-corrected chi connectivity index (χ3v) is 5.18. The number of amides is 3. The minimum absolute atomic E-state index is 0.0379. The zero-order valence-electron chi connectivity index (χ0n) is 15.9. The van der Waals surface area contributed by atoms with Crippen LogP contribution in [-0.2, 0) is 9.59 Å². The van der Waals surface area contributed by atoms with Crippen LogP contribution in [0.2, 0.25) is 0 Å². The predicted molar refractivity (Wildman–Crippen MR) is 100.0 cm³/mol. The molecule has 6 nitrogen and oxygen atoms in total. The zero-order chi connectivity index (χ0) is 19.0. The molecule has 1 aromatic carbocycles. The van der Waals surface area contributed by atoms with E-state index < -0.39 is 6.04 Å². The van der Waals surface area contributed by atoms with E-state index in [0.29, 0.717) is 24.2 Å². The minimum atomic E-state index is -0.464. The van der Waals surface area contributed by atoms with E-state index in [2.05, 4.69) is 0 Å². The summed E-state index contributed by atoms with van der Waals surface area (Å²) in [5.74, 6) is -0.366. The molecule has 1 atom stereocenters. The first-order chi connectivity index (χ1) is 12.3. The SMILES string of the molecule is CC(C)N(C(=O)CN1C(=O)[C@@H]2CCCN2C(=O)c2ccccc21)C(C)C. The van der Waals surface area contributed by atoms with Crippen LogP contribution in [-0.4, -0.2) is 58.7 Å². The summed E-state index contributed by atoms with van der Waals surface area (Å²) in [6.07, 6.45) is 1.47. The zero-order valence-corrected chi connectivity index (χ0v) is 15.9. The van der Waals surface area contributed by atoms with E-state index in [1.807, 2.05) is 27.7 Å². The third-order valence-electron chi connectivity index (χ3n) is 5.18. The molecule has 2 aliphatic heterocycles.